The third kappa shape index (κ3) is 5.90. The fourth-order valence-electron chi connectivity index (χ4n) is 1.68. The van der Waals surface area contributed by atoms with Crippen LogP contribution in [0.1, 0.15) is 52.9 Å². The second-order valence-electron chi connectivity index (χ2n) is 5.32. The van der Waals surface area contributed by atoms with E-state index in [9.17, 15) is 0 Å². The molecule has 1 aliphatic carbocycles. The molecule has 0 saturated heterocycles. The van der Waals surface area contributed by atoms with Crippen LogP contribution in [0.2, 0.25) is 0 Å². The summed E-state index contributed by atoms with van der Waals surface area (Å²) in [4.78, 5) is 0. The molecule has 1 aliphatic rings. The summed E-state index contributed by atoms with van der Waals surface area (Å²) in [6.45, 7) is 6.43. The molecule has 84 valence electrons. The summed E-state index contributed by atoms with van der Waals surface area (Å²) >= 11 is 6.16. The minimum absolute atomic E-state index is 0.117. The summed E-state index contributed by atoms with van der Waals surface area (Å²) in [5.74, 6) is 6.54. The zero-order valence-electron chi connectivity index (χ0n) is 10.1. The number of hydrogen-bond donors (Lipinski definition) is 0. The van der Waals surface area contributed by atoms with Crippen molar-refractivity contribution in [2.75, 3.05) is 0 Å². The van der Waals surface area contributed by atoms with Gasteiger partial charge in [0.15, 0.2) is 0 Å². The highest BCUT2D eigenvalue weighted by Crippen LogP contribution is 2.23. The van der Waals surface area contributed by atoms with E-state index in [1.54, 1.807) is 0 Å². The van der Waals surface area contributed by atoms with Crippen LogP contribution in [0.3, 0.4) is 0 Å². The van der Waals surface area contributed by atoms with E-state index in [0.717, 1.165) is 12.8 Å². The minimum Gasteiger partial charge on any atom is -0.118 e. The predicted molar refractivity (Wildman–Crippen MR) is 68.0 cm³/mol. The highest BCUT2D eigenvalue weighted by molar-refractivity contribution is 6.21. The van der Waals surface area contributed by atoms with E-state index >= 15 is 0 Å². The van der Waals surface area contributed by atoms with Crippen molar-refractivity contribution in [2.24, 2.45) is 5.41 Å². The monoisotopic (exact) mass is 224 g/mol. The zero-order valence-corrected chi connectivity index (χ0v) is 10.8. The van der Waals surface area contributed by atoms with E-state index in [1.165, 1.54) is 24.8 Å². The second kappa shape index (κ2) is 5.61. The Labute approximate surface area is 99.1 Å². The molecular weight excluding hydrogens is 204 g/mol. The van der Waals surface area contributed by atoms with Crippen molar-refractivity contribution in [1.29, 1.82) is 0 Å². The molecule has 0 saturated carbocycles. The lowest BCUT2D eigenvalue weighted by Crippen LogP contribution is -1.99. The van der Waals surface area contributed by atoms with Gasteiger partial charge in [-0.25, -0.2) is 0 Å². The highest BCUT2D eigenvalue weighted by Gasteiger charge is 2.09. The molecule has 1 rings (SSSR count). The zero-order chi connectivity index (χ0) is 11.3. The van der Waals surface area contributed by atoms with Gasteiger partial charge >= 0.3 is 0 Å². The van der Waals surface area contributed by atoms with Gasteiger partial charge in [-0.15, -0.1) is 11.6 Å². The van der Waals surface area contributed by atoms with Crippen LogP contribution in [0.15, 0.2) is 11.6 Å². The molecule has 0 N–H and O–H groups in total. The van der Waals surface area contributed by atoms with Crippen LogP contribution in [0.4, 0.5) is 0 Å². The quantitative estimate of drug-likeness (QED) is 0.349. The van der Waals surface area contributed by atoms with Crippen LogP contribution in [0.25, 0.3) is 0 Å². The fraction of sp³-hybridized carbons (Fsp3) is 0.714. The summed E-state index contributed by atoms with van der Waals surface area (Å²) in [5, 5.41) is 0.235. The topological polar surface area (TPSA) is 0 Å². The first-order valence-corrected chi connectivity index (χ1v) is 6.25. The largest absolute Gasteiger partial charge is 0.118 e. The summed E-state index contributed by atoms with van der Waals surface area (Å²) in [6.07, 6.45) is 7.94. The van der Waals surface area contributed by atoms with Crippen molar-refractivity contribution in [2.45, 2.75) is 58.3 Å². The van der Waals surface area contributed by atoms with E-state index in [0.29, 0.717) is 0 Å². The lowest BCUT2D eigenvalue weighted by atomic mass is 9.97. The van der Waals surface area contributed by atoms with Gasteiger partial charge in [-0.1, -0.05) is 29.9 Å². The van der Waals surface area contributed by atoms with Crippen LogP contribution in [0.5, 0.6) is 0 Å². The van der Waals surface area contributed by atoms with Crippen LogP contribution in [-0.2, 0) is 0 Å². The Morgan fingerprint density at radius 3 is 2.80 bits per heavy atom. The van der Waals surface area contributed by atoms with Gasteiger partial charge in [0.25, 0.3) is 0 Å². The first kappa shape index (κ1) is 12.7. The van der Waals surface area contributed by atoms with Crippen molar-refractivity contribution < 1.29 is 0 Å². The van der Waals surface area contributed by atoms with E-state index in [1.807, 2.05) is 0 Å². The van der Waals surface area contributed by atoms with Gasteiger partial charge < -0.3 is 0 Å². The average molecular weight is 225 g/mol. The van der Waals surface area contributed by atoms with E-state index in [-0.39, 0.29) is 10.8 Å². The maximum Gasteiger partial charge on any atom is 0.0518 e. The summed E-state index contributed by atoms with van der Waals surface area (Å²) in [7, 11) is 0. The van der Waals surface area contributed by atoms with Crippen molar-refractivity contribution >= 4 is 11.6 Å². The lowest BCUT2D eigenvalue weighted by molar-refractivity contribution is 0.570. The number of rotatable bonds is 1. The van der Waals surface area contributed by atoms with E-state index in [4.69, 9.17) is 11.6 Å². The van der Waals surface area contributed by atoms with Crippen molar-refractivity contribution in [3.8, 4) is 11.8 Å². The minimum atomic E-state index is 0.117. The maximum absolute atomic E-state index is 6.16. The molecule has 0 amide bonds. The van der Waals surface area contributed by atoms with Gasteiger partial charge in [-0.05, 0) is 40.0 Å². The second-order valence-corrected chi connectivity index (χ2v) is 5.88. The van der Waals surface area contributed by atoms with Crippen LogP contribution < -0.4 is 0 Å². The Kier molecular flexibility index (Phi) is 4.74. The standard InChI is InChI=1S/C14H21Cl/c1-14(2,3)10-6-8-12-7-4-5-9-13(15)11-12/h11,13H,4-5,7-9H2,1-3H3. The molecule has 1 atom stereocenters. The Morgan fingerprint density at radius 2 is 2.13 bits per heavy atom. The number of hydrogen-bond acceptors (Lipinski definition) is 0. The molecule has 1 heteroatoms. The normalized spacial score (nSPS) is 22.4. The lowest BCUT2D eigenvalue weighted by Gasteiger charge is -2.07. The van der Waals surface area contributed by atoms with Gasteiger partial charge in [0.2, 0.25) is 0 Å². The molecule has 0 heterocycles. The third-order valence-electron chi connectivity index (χ3n) is 2.42. The first-order valence-electron chi connectivity index (χ1n) is 5.81. The molecule has 0 nitrogen and oxygen atoms in total. The summed E-state index contributed by atoms with van der Waals surface area (Å²) in [5.41, 5.74) is 1.55. The molecule has 1 unspecified atom stereocenters. The van der Waals surface area contributed by atoms with Gasteiger partial charge in [-0.3, -0.25) is 0 Å². The van der Waals surface area contributed by atoms with Gasteiger partial charge in [0.05, 0.1) is 5.38 Å². The Bertz CT molecular complexity index is 283. The van der Waals surface area contributed by atoms with Gasteiger partial charge in [0, 0.05) is 11.8 Å². The number of alkyl halides is 1. The van der Waals surface area contributed by atoms with Gasteiger partial charge in [0.1, 0.15) is 0 Å². The maximum atomic E-state index is 6.16. The van der Waals surface area contributed by atoms with Crippen molar-refractivity contribution in [1.82, 2.24) is 0 Å². The fourth-order valence-corrected chi connectivity index (χ4v) is 2.02. The third-order valence-corrected chi connectivity index (χ3v) is 2.77. The molecule has 0 aliphatic heterocycles. The number of halogens is 1. The van der Waals surface area contributed by atoms with Crippen molar-refractivity contribution in [3.63, 3.8) is 0 Å². The van der Waals surface area contributed by atoms with E-state index in [2.05, 4.69) is 38.7 Å². The van der Waals surface area contributed by atoms with E-state index < -0.39 is 0 Å². The molecule has 15 heavy (non-hydrogen) atoms. The molecule has 0 aromatic heterocycles. The SMILES string of the molecule is CC(C)(C)C#CCC1=CC(Cl)CCCC1. The van der Waals surface area contributed by atoms with Crippen molar-refractivity contribution in [3.05, 3.63) is 11.6 Å². The van der Waals surface area contributed by atoms with Gasteiger partial charge in [-0.2, -0.15) is 0 Å². The molecule has 0 fully saturated rings. The van der Waals surface area contributed by atoms with Crippen LogP contribution in [0, 0.1) is 17.3 Å². The molecule has 0 aromatic rings. The molecule has 0 bridgehead atoms. The number of allylic oxidation sites excluding steroid dienone is 2. The Morgan fingerprint density at radius 1 is 1.40 bits per heavy atom. The predicted octanol–water partition coefficient (Wildman–Crippen LogP) is 4.53. The molecule has 0 radical (unpaired) electrons. The van der Waals surface area contributed by atoms with Crippen LogP contribution >= 0.6 is 11.6 Å². The smallest absolute Gasteiger partial charge is 0.0518 e. The Balaban J connectivity index is 2.52. The molecule has 0 aromatic carbocycles. The highest BCUT2D eigenvalue weighted by atomic mass is 35.5. The Hall–Kier alpha value is -0.410. The first-order chi connectivity index (χ1) is 6.97. The summed E-state index contributed by atoms with van der Waals surface area (Å²) < 4.78 is 0. The average Bonchev–Trinajstić information content (AvgIpc) is 2.27. The molecule has 0 spiro atoms. The molecular formula is C14H21Cl. The summed E-state index contributed by atoms with van der Waals surface area (Å²) in [6, 6.07) is 0. The van der Waals surface area contributed by atoms with Crippen LogP contribution in [-0.4, -0.2) is 5.38 Å².